The zero-order valence-corrected chi connectivity index (χ0v) is 22.3. The van der Waals surface area contributed by atoms with Gasteiger partial charge in [-0.2, -0.15) is 5.10 Å². The number of allylic oxidation sites excluding steroid dienone is 2. The number of nitrogens with zero attached hydrogens (tertiary/aromatic N) is 1. The average molecular weight is 537 g/mol. The van der Waals surface area contributed by atoms with Crippen molar-refractivity contribution in [3.05, 3.63) is 77.0 Å². The van der Waals surface area contributed by atoms with E-state index in [1.165, 1.54) is 13.3 Å². The molecular weight excluding hydrogens is 504 g/mol. The minimum atomic E-state index is -0.761. The molecule has 39 heavy (non-hydrogen) atoms. The third-order valence-electron chi connectivity index (χ3n) is 5.72. The summed E-state index contributed by atoms with van der Waals surface area (Å²) < 4.78 is 21.6. The molecule has 3 rings (SSSR count). The fourth-order valence-electron chi connectivity index (χ4n) is 3.95. The normalized spacial score (nSPS) is 14.8. The van der Waals surface area contributed by atoms with Gasteiger partial charge in [0.25, 0.3) is 5.91 Å². The van der Waals surface area contributed by atoms with Gasteiger partial charge in [-0.25, -0.2) is 15.0 Å². The minimum absolute atomic E-state index is 0.189. The number of hydrogen-bond acceptors (Lipinski definition) is 8. The molecule has 1 aliphatic rings. The highest BCUT2D eigenvalue weighted by Crippen LogP contribution is 2.34. The lowest BCUT2D eigenvalue weighted by Crippen LogP contribution is -2.45. The topological polar surface area (TPSA) is 137 Å². The Kier molecular flexibility index (Phi) is 10.1. The van der Waals surface area contributed by atoms with Gasteiger partial charge in [-0.05, 0) is 67.3 Å². The van der Waals surface area contributed by atoms with Crippen molar-refractivity contribution in [3.8, 4) is 17.2 Å². The van der Waals surface area contributed by atoms with Crippen molar-refractivity contribution < 1.29 is 33.3 Å². The number of esters is 1. The van der Waals surface area contributed by atoms with Crippen LogP contribution in [0.1, 0.15) is 36.6 Å². The first-order chi connectivity index (χ1) is 18.8. The van der Waals surface area contributed by atoms with E-state index in [0.717, 1.165) is 16.9 Å². The van der Waals surface area contributed by atoms with Crippen LogP contribution in [0.2, 0.25) is 0 Å². The zero-order chi connectivity index (χ0) is 28.4. The number of carbonyl (C=O) groups excluding carboxylic acids is 3. The Morgan fingerprint density at radius 2 is 1.85 bits per heavy atom. The second-order valence-electron chi connectivity index (χ2n) is 8.35. The summed E-state index contributed by atoms with van der Waals surface area (Å²) in [6.07, 6.45) is 3.93. The molecule has 1 heterocycles. The Bertz CT molecular complexity index is 1300. The highest BCUT2D eigenvalue weighted by atomic mass is 16.5. The van der Waals surface area contributed by atoms with E-state index < -0.39 is 23.9 Å². The van der Waals surface area contributed by atoms with Gasteiger partial charge in [0.2, 0.25) is 0 Å². The van der Waals surface area contributed by atoms with Gasteiger partial charge >= 0.3 is 12.0 Å². The van der Waals surface area contributed by atoms with Gasteiger partial charge in [0, 0.05) is 5.70 Å². The molecule has 0 unspecified atom stereocenters. The van der Waals surface area contributed by atoms with E-state index in [2.05, 4.69) is 27.7 Å². The van der Waals surface area contributed by atoms with Crippen LogP contribution in [-0.2, 0) is 20.7 Å². The Morgan fingerprint density at radius 3 is 2.54 bits per heavy atom. The Balaban J connectivity index is 1.67. The summed E-state index contributed by atoms with van der Waals surface area (Å²) in [4.78, 5) is 37.0. The number of rotatable bonds is 12. The molecule has 0 fully saturated rings. The Hall–Kier alpha value is -4.80. The van der Waals surface area contributed by atoms with E-state index >= 15 is 0 Å². The lowest BCUT2D eigenvalue weighted by molar-refractivity contribution is -0.139. The van der Waals surface area contributed by atoms with Crippen LogP contribution < -0.4 is 30.3 Å². The second kappa shape index (κ2) is 13.7. The molecule has 0 saturated heterocycles. The van der Waals surface area contributed by atoms with Crippen LogP contribution in [0.25, 0.3) is 0 Å². The van der Waals surface area contributed by atoms with E-state index in [1.807, 2.05) is 18.2 Å². The van der Waals surface area contributed by atoms with Crippen LogP contribution in [0.3, 0.4) is 0 Å². The molecule has 2 aromatic rings. The van der Waals surface area contributed by atoms with Crippen molar-refractivity contribution >= 4 is 24.1 Å². The van der Waals surface area contributed by atoms with Gasteiger partial charge in [0.1, 0.15) is 5.75 Å². The molecule has 0 aromatic heterocycles. The molecule has 3 N–H and O–H groups in total. The number of hydrogen-bond donors (Lipinski definition) is 3. The average Bonchev–Trinajstić information content (AvgIpc) is 2.91. The number of carbonyl (C=O) groups is 3. The molecule has 1 aliphatic heterocycles. The van der Waals surface area contributed by atoms with E-state index in [9.17, 15) is 14.4 Å². The number of hydrazone groups is 1. The summed E-state index contributed by atoms with van der Waals surface area (Å²) in [7, 11) is 3.04. The standard InChI is InChI=1S/C28H32N4O7/c1-6-8-19-13-18(9-11-21(19)36-4)15-29-32-24(33)16-39-22-12-10-20(14-23(22)37-5)26-25(27(34)38-7-2)17(3)30-28(35)31-26/h6,9-15,26H,1,7-8,16H2,2-5H3,(H,32,33)(H2,30,31,35)/b29-15-/t26-/m1/s1. The van der Waals surface area contributed by atoms with Crippen molar-refractivity contribution in [2.45, 2.75) is 26.3 Å². The second-order valence-corrected chi connectivity index (χ2v) is 8.35. The number of benzene rings is 2. The molecule has 0 spiro atoms. The number of ether oxygens (including phenoxy) is 4. The van der Waals surface area contributed by atoms with Crippen LogP contribution in [-0.4, -0.2) is 51.6 Å². The molecule has 0 bridgehead atoms. The first-order valence-electron chi connectivity index (χ1n) is 12.2. The number of urea groups is 1. The highest BCUT2D eigenvalue weighted by molar-refractivity contribution is 5.95. The Morgan fingerprint density at radius 1 is 1.10 bits per heavy atom. The molecule has 3 amide bonds. The maximum Gasteiger partial charge on any atom is 0.338 e. The molecule has 0 aliphatic carbocycles. The molecule has 11 heteroatoms. The highest BCUT2D eigenvalue weighted by Gasteiger charge is 2.32. The lowest BCUT2D eigenvalue weighted by Gasteiger charge is -2.28. The van der Waals surface area contributed by atoms with E-state index in [-0.39, 0.29) is 18.8 Å². The summed E-state index contributed by atoms with van der Waals surface area (Å²) in [6, 6.07) is 9.21. The van der Waals surface area contributed by atoms with Crippen LogP contribution in [0.4, 0.5) is 4.79 Å². The fourth-order valence-corrected chi connectivity index (χ4v) is 3.95. The first-order valence-corrected chi connectivity index (χ1v) is 12.2. The van der Waals surface area contributed by atoms with Gasteiger partial charge < -0.3 is 29.6 Å². The van der Waals surface area contributed by atoms with Crippen LogP contribution in [0, 0.1) is 0 Å². The quantitative estimate of drug-likeness (QED) is 0.164. The van der Waals surface area contributed by atoms with E-state index in [0.29, 0.717) is 29.2 Å². The summed E-state index contributed by atoms with van der Waals surface area (Å²) in [5, 5.41) is 9.30. The van der Waals surface area contributed by atoms with Crippen molar-refractivity contribution in [2.75, 3.05) is 27.4 Å². The molecule has 0 saturated carbocycles. The van der Waals surface area contributed by atoms with Crippen LogP contribution in [0.15, 0.2) is 65.4 Å². The molecule has 2 aromatic carbocycles. The fraction of sp³-hybridized carbons (Fsp3) is 0.286. The van der Waals surface area contributed by atoms with Crippen molar-refractivity contribution in [2.24, 2.45) is 5.10 Å². The van der Waals surface area contributed by atoms with Crippen molar-refractivity contribution in [1.29, 1.82) is 0 Å². The molecule has 206 valence electrons. The largest absolute Gasteiger partial charge is 0.496 e. The van der Waals surface area contributed by atoms with Gasteiger partial charge in [0.05, 0.1) is 38.7 Å². The van der Waals surface area contributed by atoms with Crippen LogP contribution >= 0.6 is 0 Å². The summed E-state index contributed by atoms with van der Waals surface area (Å²) in [6.45, 7) is 6.94. The van der Waals surface area contributed by atoms with Gasteiger partial charge in [-0.15, -0.1) is 6.58 Å². The first kappa shape index (κ1) is 28.8. The number of methoxy groups -OCH3 is 2. The Labute approximate surface area is 226 Å². The third-order valence-corrected chi connectivity index (χ3v) is 5.72. The van der Waals surface area contributed by atoms with E-state index in [4.69, 9.17) is 18.9 Å². The molecule has 1 atom stereocenters. The smallest absolute Gasteiger partial charge is 0.338 e. The third kappa shape index (κ3) is 7.37. The van der Waals surface area contributed by atoms with Gasteiger partial charge in [0.15, 0.2) is 18.1 Å². The molecule has 0 radical (unpaired) electrons. The summed E-state index contributed by atoms with van der Waals surface area (Å²) >= 11 is 0. The summed E-state index contributed by atoms with van der Waals surface area (Å²) in [5.41, 5.74) is 5.39. The predicted molar refractivity (Wildman–Crippen MR) is 145 cm³/mol. The zero-order valence-electron chi connectivity index (χ0n) is 22.3. The lowest BCUT2D eigenvalue weighted by atomic mass is 9.95. The van der Waals surface area contributed by atoms with Crippen molar-refractivity contribution in [3.63, 3.8) is 0 Å². The number of nitrogens with one attached hydrogen (secondary N) is 3. The molecular formula is C28H32N4O7. The maximum absolute atomic E-state index is 12.6. The van der Waals surface area contributed by atoms with Crippen molar-refractivity contribution in [1.82, 2.24) is 16.1 Å². The minimum Gasteiger partial charge on any atom is -0.496 e. The molecule has 11 nitrogen and oxygen atoms in total. The van der Waals surface area contributed by atoms with Gasteiger partial charge in [-0.1, -0.05) is 12.1 Å². The van der Waals surface area contributed by atoms with Crippen LogP contribution in [0.5, 0.6) is 17.2 Å². The maximum atomic E-state index is 12.6. The van der Waals surface area contributed by atoms with E-state index in [1.54, 1.807) is 45.2 Å². The number of amides is 3. The predicted octanol–water partition coefficient (Wildman–Crippen LogP) is 3.15. The SMILES string of the molecule is C=CCc1cc(/C=N\NC(=O)COc2ccc([C@H]3NC(=O)NC(C)=C3C(=O)OCC)cc2OC)ccc1OC. The van der Waals surface area contributed by atoms with Gasteiger partial charge in [-0.3, -0.25) is 4.79 Å². The monoisotopic (exact) mass is 536 g/mol. The summed E-state index contributed by atoms with van der Waals surface area (Å²) in [5.74, 6) is 0.325.